The topological polar surface area (TPSA) is 56.3 Å². The van der Waals surface area contributed by atoms with Crippen LogP contribution in [0.3, 0.4) is 0 Å². The third-order valence-corrected chi connectivity index (χ3v) is 4.73. The molecule has 0 amide bonds. The van der Waals surface area contributed by atoms with Crippen LogP contribution in [0.15, 0.2) is 36.4 Å². The summed E-state index contributed by atoms with van der Waals surface area (Å²) in [5.74, 6) is 1.80. The number of benzene rings is 1. The summed E-state index contributed by atoms with van der Waals surface area (Å²) in [7, 11) is 8.38. The van der Waals surface area contributed by atoms with E-state index < -0.39 is 0 Å². The Morgan fingerprint density at radius 3 is 2.04 bits per heavy atom. The Morgan fingerprint density at radius 2 is 1.36 bits per heavy atom. The van der Waals surface area contributed by atoms with Crippen molar-refractivity contribution in [3.63, 3.8) is 0 Å². The first-order valence-corrected chi connectivity index (χ1v) is 10.0. The zero-order valence-electron chi connectivity index (χ0n) is 17.5. The maximum absolute atomic E-state index is 4.85. The Bertz CT molecular complexity index is 906. The molecule has 0 unspecified atom stereocenters. The van der Waals surface area contributed by atoms with Crippen molar-refractivity contribution < 1.29 is 0 Å². The minimum absolute atomic E-state index is 0.784. The van der Waals surface area contributed by atoms with Gasteiger partial charge in [-0.25, -0.2) is 9.97 Å². The van der Waals surface area contributed by atoms with Crippen LogP contribution in [0.5, 0.6) is 0 Å². The molecule has 0 radical (unpaired) electrons. The van der Waals surface area contributed by atoms with E-state index in [-0.39, 0.29) is 0 Å². The molecule has 1 aromatic carbocycles. The fourth-order valence-corrected chi connectivity index (χ4v) is 3.28. The van der Waals surface area contributed by atoms with Crippen LogP contribution in [0.2, 0.25) is 0 Å². The number of nitrogens with one attached hydrogen (secondary N) is 2. The van der Waals surface area contributed by atoms with Crippen LogP contribution in [-0.2, 0) is 0 Å². The van der Waals surface area contributed by atoms with Gasteiger partial charge in [0.2, 0.25) is 0 Å². The van der Waals surface area contributed by atoms with Gasteiger partial charge in [0.05, 0.1) is 0 Å². The van der Waals surface area contributed by atoms with E-state index in [1.54, 1.807) is 0 Å². The van der Waals surface area contributed by atoms with Gasteiger partial charge in [-0.1, -0.05) is 24.3 Å². The van der Waals surface area contributed by atoms with Crippen molar-refractivity contribution in [3.8, 4) is 0 Å². The van der Waals surface area contributed by atoms with E-state index >= 15 is 0 Å². The van der Waals surface area contributed by atoms with Crippen molar-refractivity contribution in [2.45, 2.75) is 12.8 Å². The summed E-state index contributed by atoms with van der Waals surface area (Å²) in [6.45, 7) is 3.91. The van der Waals surface area contributed by atoms with Gasteiger partial charge in [0, 0.05) is 23.9 Å². The smallest absolute Gasteiger partial charge is 0.164 e. The summed E-state index contributed by atoms with van der Waals surface area (Å²) >= 11 is 0. The first-order chi connectivity index (χ1) is 13.5. The molecule has 0 bridgehead atoms. The molecule has 3 aromatic rings. The second-order valence-electron chi connectivity index (χ2n) is 7.74. The van der Waals surface area contributed by atoms with Gasteiger partial charge in [-0.2, -0.15) is 0 Å². The number of hydrogen-bond acceptors (Lipinski definition) is 6. The van der Waals surface area contributed by atoms with Gasteiger partial charge >= 0.3 is 0 Å². The minimum atomic E-state index is 0.784. The summed E-state index contributed by atoms with van der Waals surface area (Å²) < 4.78 is 0. The largest absolute Gasteiger partial charge is 0.370 e. The molecule has 2 N–H and O–H groups in total. The summed E-state index contributed by atoms with van der Waals surface area (Å²) in [5, 5.41) is 10.4. The van der Waals surface area contributed by atoms with Gasteiger partial charge in [0.25, 0.3) is 0 Å². The molecular weight excluding hydrogens is 348 g/mol. The molecule has 0 fully saturated rings. The standard InChI is InChI=1S/C22H32N6/c1-27(2)15-7-13-23-20-12-11-19-17-9-5-6-10-18(17)21(26-22(19)25-20)24-14-8-16-28(3)4/h5-6,9-12H,7-8,13-16H2,1-4H3,(H2,23,24,25,26). The van der Waals surface area contributed by atoms with Crippen molar-refractivity contribution >= 4 is 33.4 Å². The number of pyridine rings is 2. The van der Waals surface area contributed by atoms with Crippen LogP contribution < -0.4 is 10.6 Å². The van der Waals surface area contributed by atoms with Crippen LogP contribution in [0.25, 0.3) is 21.8 Å². The highest BCUT2D eigenvalue weighted by molar-refractivity contribution is 6.09. The van der Waals surface area contributed by atoms with Crippen molar-refractivity contribution in [2.24, 2.45) is 0 Å². The molecule has 0 aliphatic carbocycles. The Labute approximate surface area is 168 Å². The average molecular weight is 381 g/mol. The Balaban J connectivity index is 1.82. The van der Waals surface area contributed by atoms with Crippen molar-refractivity contribution in [1.29, 1.82) is 0 Å². The minimum Gasteiger partial charge on any atom is -0.370 e. The van der Waals surface area contributed by atoms with Crippen molar-refractivity contribution in [3.05, 3.63) is 36.4 Å². The number of fused-ring (bicyclic) bond motifs is 3. The number of hydrogen-bond donors (Lipinski definition) is 2. The van der Waals surface area contributed by atoms with Gasteiger partial charge < -0.3 is 20.4 Å². The summed E-state index contributed by atoms with van der Waals surface area (Å²) in [5.41, 5.74) is 0.784. The second kappa shape index (κ2) is 9.66. The molecular formula is C22H32N6. The fraction of sp³-hybridized carbons (Fsp3) is 0.455. The van der Waals surface area contributed by atoms with Crippen LogP contribution in [0.4, 0.5) is 11.6 Å². The lowest BCUT2D eigenvalue weighted by Gasteiger charge is -2.14. The molecule has 6 nitrogen and oxygen atoms in total. The highest BCUT2D eigenvalue weighted by Gasteiger charge is 2.09. The van der Waals surface area contributed by atoms with Gasteiger partial charge in [0.15, 0.2) is 5.65 Å². The molecule has 0 saturated heterocycles. The van der Waals surface area contributed by atoms with Gasteiger partial charge in [-0.3, -0.25) is 0 Å². The number of nitrogens with zero attached hydrogens (tertiary/aromatic N) is 4. The molecule has 0 spiro atoms. The summed E-state index contributed by atoms with van der Waals surface area (Å²) in [6, 6.07) is 12.6. The SMILES string of the molecule is CN(C)CCCNc1ccc2c(n1)nc(NCCCN(C)C)c1ccccc12. The number of rotatable bonds is 10. The molecule has 150 valence electrons. The second-order valence-corrected chi connectivity index (χ2v) is 7.74. The normalized spacial score (nSPS) is 11.6. The molecule has 0 atom stereocenters. The molecule has 0 aliphatic heterocycles. The molecule has 6 heteroatoms. The van der Waals surface area contributed by atoms with Crippen molar-refractivity contribution in [1.82, 2.24) is 19.8 Å². The lowest BCUT2D eigenvalue weighted by Crippen LogP contribution is -2.17. The van der Waals surface area contributed by atoms with Crippen LogP contribution in [-0.4, -0.2) is 74.1 Å². The fourth-order valence-electron chi connectivity index (χ4n) is 3.28. The van der Waals surface area contributed by atoms with Gasteiger partial charge in [-0.15, -0.1) is 0 Å². The van der Waals surface area contributed by atoms with Crippen LogP contribution >= 0.6 is 0 Å². The van der Waals surface area contributed by atoms with E-state index in [1.807, 2.05) is 0 Å². The molecule has 2 aromatic heterocycles. The van der Waals surface area contributed by atoms with Gasteiger partial charge in [0.1, 0.15) is 11.6 Å². The maximum Gasteiger partial charge on any atom is 0.164 e. The zero-order chi connectivity index (χ0) is 19.9. The lowest BCUT2D eigenvalue weighted by molar-refractivity contribution is 0.405. The zero-order valence-corrected chi connectivity index (χ0v) is 17.5. The van der Waals surface area contributed by atoms with E-state index in [0.717, 1.165) is 67.1 Å². The van der Waals surface area contributed by atoms with E-state index in [1.165, 1.54) is 5.39 Å². The first kappa shape index (κ1) is 20.3. The Kier molecular flexibility index (Phi) is 7.01. The summed E-state index contributed by atoms with van der Waals surface area (Å²) in [6.07, 6.45) is 2.15. The highest BCUT2D eigenvalue weighted by atomic mass is 15.1. The van der Waals surface area contributed by atoms with E-state index in [0.29, 0.717) is 0 Å². The number of aromatic nitrogens is 2. The van der Waals surface area contributed by atoms with E-state index in [2.05, 4.69) is 85.0 Å². The maximum atomic E-state index is 4.85. The first-order valence-electron chi connectivity index (χ1n) is 10.0. The molecule has 28 heavy (non-hydrogen) atoms. The Morgan fingerprint density at radius 1 is 0.714 bits per heavy atom. The van der Waals surface area contributed by atoms with Crippen LogP contribution in [0, 0.1) is 0 Å². The van der Waals surface area contributed by atoms with Gasteiger partial charge in [-0.05, 0) is 71.6 Å². The van der Waals surface area contributed by atoms with E-state index in [4.69, 9.17) is 9.97 Å². The van der Waals surface area contributed by atoms with Crippen molar-refractivity contribution in [2.75, 3.05) is 65.0 Å². The predicted molar refractivity (Wildman–Crippen MR) is 120 cm³/mol. The molecule has 2 heterocycles. The van der Waals surface area contributed by atoms with Crippen LogP contribution in [0.1, 0.15) is 12.8 Å². The average Bonchev–Trinajstić information content (AvgIpc) is 2.68. The summed E-state index contributed by atoms with van der Waals surface area (Å²) in [4.78, 5) is 14.0. The Hall–Kier alpha value is -2.44. The highest BCUT2D eigenvalue weighted by Crippen LogP contribution is 2.29. The lowest BCUT2D eigenvalue weighted by atomic mass is 10.1. The quantitative estimate of drug-likeness (QED) is 0.415. The molecule has 0 aliphatic rings. The number of anilines is 2. The third-order valence-electron chi connectivity index (χ3n) is 4.73. The molecule has 3 rings (SSSR count). The predicted octanol–water partition coefficient (Wildman–Crippen LogP) is 3.51. The third kappa shape index (κ3) is 5.30. The van der Waals surface area contributed by atoms with E-state index in [9.17, 15) is 0 Å². The molecule has 0 saturated carbocycles. The monoisotopic (exact) mass is 380 g/mol.